The molecule has 0 aliphatic carbocycles. The maximum Gasteiger partial charge on any atom is 0.103 e. The molecule has 1 rings (SSSR count). The van der Waals surface area contributed by atoms with Gasteiger partial charge in [-0.25, -0.2) is 0 Å². The Morgan fingerprint density at radius 2 is 1.91 bits per heavy atom. The Labute approximate surface area is 69.2 Å². The van der Waals surface area contributed by atoms with Crippen molar-refractivity contribution >= 4 is 0 Å². The minimum atomic E-state index is 0.434. The van der Waals surface area contributed by atoms with Gasteiger partial charge in [0.15, 0.2) is 0 Å². The van der Waals surface area contributed by atoms with Crippen LogP contribution in [0.3, 0.4) is 0 Å². The van der Waals surface area contributed by atoms with Gasteiger partial charge in [0.25, 0.3) is 0 Å². The number of hydrogen-bond acceptors (Lipinski definition) is 0. The molecular weight excluding hydrogens is 134 g/mol. The first-order chi connectivity index (χ1) is 5.33. The molecule has 11 heavy (non-hydrogen) atoms. The highest BCUT2D eigenvalue weighted by molar-refractivity contribution is 4.92. The molecule has 0 saturated carbocycles. The average molecular weight is 152 g/mol. The van der Waals surface area contributed by atoms with E-state index in [2.05, 4.69) is 18.5 Å². The summed E-state index contributed by atoms with van der Waals surface area (Å²) >= 11 is 0. The molecule has 1 aliphatic heterocycles. The van der Waals surface area contributed by atoms with Crippen LogP contribution in [0.15, 0.2) is 25.3 Å². The SMILES string of the molecule is C=CCC1(CC=C)CCC[NH2+]1. The molecule has 0 atom stereocenters. The Bertz CT molecular complexity index is 131. The Balaban J connectivity index is 2.53. The van der Waals surface area contributed by atoms with Gasteiger partial charge in [0.2, 0.25) is 0 Å². The Hall–Kier alpha value is -0.560. The summed E-state index contributed by atoms with van der Waals surface area (Å²) in [6.45, 7) is 8.87. The van der Waals surface area contributed by atoms with Gasteiger partial charge >= 0.3 is 0 Å². The molecule has 1 aliphatic rings. The van der Waals surface area contributed by atoms with Gasteiger partial charge in [-0.05, 0) is 0 Å². The monoisotopic (exact) mass is 152 g/mol. The number of nitrogens with two attached hydrogens (primary N) is 1. The van der Waals surface area contributed by atoms with Crippen LogP contribution in [0.4, 0.5) is 0 Å². The molecule has 0 unspecified atom stereocenters. The van der Waals surface area contributed by atoms with Gasteiger partial charge in [0.1, 0.15) is 5.54 Å². The van der Waals surface area contributed by atoms with Crippen molar-refractivity contribution in [1.29, 1.82) is 0 Å². The van der Waals surface area contributed by atoms with Crippen LogP contribution in [0.5, 0.6) is 0 Å². The summed E-state index contributed by atoms with van der Waals surface area (Å²) in [6.07, 6.45) is 8.99. The molecule has 0 radical (unpaired) electrons. The first kappa shape index (κ1) is 8.54. The van der Waals surface area contributed by atoms with E-state index in [1.807, 2.05) is 12.2 Å². The maximum absolute atomic E-state index is 3.80. The molecule has 1 fully saturated rings. The molecule has 0 amide bonds. The minimum absolute atomic E-state index is 0.434. The summed E-state index contributed by atoms with van der Waals surface area (Å²) in [6, 6.07) is 0. The third-order valence-corrected chi connectivity index (χ3v) is 2.56. The molecule has 0 spiro atoms. The second-order valence-electron chi connectivity index (χ2n) is 3.44. The summed E-state index contributed by atoms with van der Waals surface area (Å²) in [5.41, 5.74) is 0.434. The third kappa shape index (κ3) is 1.93. The van der Waals surface area contributed by atoms with Crippen molar-refractivity contribution in [3.63, 3.8) is 0 Å². The quantitative estimate of drug-likeness (QED) is 0.584. The van der Waals surface area contributed by atoms with E-state index in [4.69, 9.17) is 0 Å². The zero-order chi connectivity index (χ0) is 8.16. The number of rotatable bonds is 4. The van der Waals surface area contributed by atoms with E-state index in [0.717, 1.165) is 12.8 Å². The zero-order valence-corrected chi connectivity index (χ0v) is 7.18. The lowest BCUT2D eigenvalue weighted by Crippen LogP contribution is -2.93. The number of quaternary nitrogens is 1. The van der Waals surface area contributed by atoms with E-state index in [9.17, 15) is 0 Å². The van der Waals surface area contributed by atoms with Crippen molar-refractivity contribution < 1.29 is 5.32 Å². The van der Waals surface area contributed by atoms with Gasteiger partial charge in [-0.15, -0.1) is 13.2 Å². The lowest BCUT2D eigenvalue weighted by Gasteiger charge is -2.22. The molecule has 0 aromatic rings. The lowest BCUT2D eigenvalue weighted by atomic mass is 9.90. The molecular formula is C10H18N+. The predicted molar refractivity (Wildman–Crippen MR) is 48.4 cm³/mol. The second kappa shape index (κ2) is 3.72. The second-order valence-corrected chi connectivity index (χ2v) is 3.44. The van der Waals surface area contributed by atoms with Gasteiger partial charge in [0, 0.05) is 25.7 Å². The highest BCUT2D eigenvalue weighted by Crippen LogP contribution is 2.21. The van der Waals surface area contributed by atoms with Crippen LogP contribution in [0, 0.1) is 0 Å². The molecule has 1 heteroatoms. The van der Waals surface area contributed by atoms with E-state index >= 15 is 0 Å². The van der Waals surface area contributed by atoms with Crippen LogP contribution in [-0.2, 0) is 0 Å². The fourth-order valence-corrected chi connectivity index (χ4v) is 1.99. The molecule has 0 aromatic heterocycles. The molecule has 0 aromatic carbocycles. The van der Waals surface area contributed by atoms with Gasteiger partial charge in [-0.1, -0.05) is 12.2 Å². The molecule has 1 nitrogen and oxygen atoms in total. The molecule has 1 heterocycles. The first-order valence-corrected chi connectivity index (χ1v) is 4.39. The van der Waals surface area contributed by atoms with Crippen LogP contribution in [0.25, 0.3) is 0 Å². The van der Waals surface area contributed by atoms with E-state index in [0.29, 0.717) is 5.54 Å². The van der Waals surface area contributed by atoms with Crippen LogP contribution >= 0.6 is 0 Å². The molecule has 62 valence electrons. The lowest BCUT2D eigenvalue weighted by molar-refractivity contribution is -0.706. The maximum atomic E-state index is 3.80. The van der Waals surface area contributed by atoms with E-state index in [1.54, 1.807) is 0 Å². The standard InChI is InChI=1S/C10H17N/c1-3-6-10(7-4-2)8-5-9-11-10/h3-4,11H,1-2,5-9H2/p+1. The summed E-state index contributed by atoms with van der Waals surface area (Å²) in [4.78, 5) is 0. The van der Waals surface area contributed by atoms with Crippen LogP contribution in [0.1, 0.15) is 25.7 Å². The average Bonchev–Trinajstić information content (AvgIpc) is 2.39. The normalized spacial score (nSPS) is 21.5. The van der Waals surface area contributed by atoms with E-state index < -0.39 is 0 Å². The molecule has 0 bridgehead atoms. The van der Waals surface area contributed by atoms with Crippen molar-refractivity contribution in [3.8, 4) is 0 Å². The summed E-state index contributed by atoms with van der Waals surface area (Å²) < 4.78 is 0. The van der Waals surface area contributed by atoms with Gasteiger partial charge in [-0.3, -0.25) is 0 Å². The largest absolute Gasteiger partial charge is 0.341 e. The van der Waals surface area contributed by atoms with Crippen molar-refractivity contribution in [2.45, 2.75) is 31.2 Å². The Morgan fingerprint density at radius 1 is 1.27 bits per heavy atom. The van der Waals surface area contributed by atoms with E-state index in [-0.39, 0.29) is 0 Å². The van der Waals surface area contributed by atoms with Crippen molar-refractivity contribution in [1.82, 2.24) is 0 Å². The van der Waals surface area contributed by atoms with Crippen LogP contribution < -0.4 is 5.32 Å². The van der Waals surface area contributed by atoms with Gasteiger partial charge in [-0.2, -0.15) is 0 Å². The fourth-order valence-electron chi connectivity index (χ4n) is 1.99. The Kier molecular flexibility index (Phi) is 2.89. The van der Waals surface area contributed by atoms with Crippen LogP contribution in [0.2, 0.25) is 0 Å². The van der Waals surface area contributed by atoms with Gasteiger partial charge in [0.05, 0.1) is 6.54 Å². The van der Waals surface area contributed by atoms with Crippen molar-refractivity contribution in [2.24, 2.45) is 0 Å². The number of hydrogen-bond donors (Lipinski definition) is 1. The predicted octanol–water partition coefficient (Wildman–Crippen LogP) is 1.23. The van der Waals surface area contributed by atoms with E-state index in [1.165, 1.54) is 19.4 Å². The summed E-state index contributed by atoms with van der Waals surface area (Å²) in [7, 11) is 0. The highest BCUT2D eigenvalue weighted by atomic mass is 15.0. The van der Waals surface area contributed by atoms with Gasteiger partial charge < -0.3 is 5.32 Å². The topological polar surface area (TPSA) is 16.6 Å². The molecule has 2 N–H and O–H groups in total. The minimum Gasteiger partial charge on any atom is -0.341 e. The fraction of sp³-hybridized carbons (Fsp3) is 0.600. The summed E-state index contributed by atoms with van der Waals surface area (Å²) in [5.74, 6) is 0. The zero-order valence-electron chi connectivity index (χ0n) is 7.18. The van der Waals surface area contributed by atoms with Crippen molar-refractivity contribution in [2.75, 3.05) is 6.54 Å². The Morgan fingerprint density at radius 3 is 2.27 bits per heavy atom. The first-order valence-electron chi connectivity index (χ1n) is 4.39. The highest BCUT2D eigenvalue weighted by Gasteiger charge is 2.34. The third-order valence-electron chi connectivity index (χ3n) is 2.56. The molecule has 1 saturated heterocycles. The van der Waals surface area contributed by atoms with Crippen molar-refractivity contribution in [3.05, 3.63) is 25.3 Å². The summed E-state index contributed by atoms with van der Waals surface area (Å²) in [5, 5.41) is 2.45. The smallest absolute Gasteiger partial charge is 0.103 e. The van der Waals surface area contributed by atoms with Crippen LogP contribution in [-0.4, -0.2) is 12.1 Å².